The van der Waals surface area contributed by atoms with Crippen LogP contribution in [0.1, 0.15) is 49.9 Å². The second-order valence-corrected chi connectivity index (χ2v) is 8.27. The standard InChI is InChI=1S/C21H25FN2S/c1-14(2)9-19-10-18(13-25-19)16-5-6-17(20(22)11-16)12-24-8-7-23-21(24)15(3)4/h5-8,10-11,13-15H,9,12H2,1-4H3. The Balaban J connectivity index is 1.81. The SMILES string of the molecule is CC(C)Cc1cc(-c2ccc(Cn3ccnc3C(C)C)c(F)c2)cs1. The summed E-state index contributed by atoms with van der Waals surface area (Å²) in [6.45, 7) is 9.15. The number of halogens is 1. The summed E-state index contributed by atoms with van der Waals surface area (Å²) in [6.07, 6.45) is 4.77. The van der Waals surface area contributed by atoms with Crippen LogP contribution in [-0.4, -0.2) is 9.55 Å². The molecule has 25 heavy (non-hydrogen) atoms. The quantitative estimate of drug-likeness (QED) is 0.520. The molecule has 2 heterocycles. The van der Waals surface area contributed by atoms with Gasteiger partial charge in [-0.1, -0.05) is 39.8 Å². The molecule has 0 fully saturated rings. The molecule has 0 aliphatic rings. The molecule has 4 heteroatoms. The van der Waals surface area contributed by atoms with Crippen molar-refractivity contribution in [3.8, 4) is 11.1 Å². The van der Waals surface area contributed by atoms with Gasteiger partial charge >= 0.3 is 0 Å². The maximum absolute atomic E-state index is 14.6. The third kappa shape index (κ3) is 4.18. The van der Waals surface area contributed by atoms with Gasteiger partial charge in [-0.3, -0.25) is 0 Å². The summed E-state index contributed by atoms with van der Waals surface area (Å²) in [6, 6.07) is 7.76. The van der Waals surface area contributed by atoms with Crippen LogP contribution in [0.15, 0.2) is 42.0 Å². The Hall–Kier alpha value is -1.94. The molecule has 0 bridgehead atoms. The van der Waals surface area contributed by atoms with Crippen molar-refractivity contribution in [3.05, 3.63) is 64.1 Å². The van der Waals surface area contributed by atoms with E-state index in [4.69, 9.17) is 0 Å². The summed E-state index contributed by atoms with van der Waals surface area (Å²) in [5, 5.41) is 2.12. The summed E-state index contributed by atoms with van der Waals surface area (Å²) in [5.74, 6) is 1.79. The third-order valence-electron chi connectivity index (χ3n) is 4.25. The highest BCUT2D eigenvalue weighted by Gasteiger charge is 2.12. The van der Waals surface area contributed by atoms with Gasteiger partial charge in [-0.05, 0) is 41.0 Å². The average Bonchev–Trinajstić information content (AvgIpc) is 3.18. The Morgan fingerprint density at radius 2 is 1.92 bits per heavy atom. The molecule has 2 nitrogen and oxygen atoms in total. The molecular weight excluding hydrogens is 331 g/mol. The number of aromatic nitrogens is 2. The van der Waals surface area contributed by atoms with Crippen LogP contribution in [0.5, 0.6) is 0 Å². The van der Waals surface area contributed by atoms with Crippen LogP contribution >= 0.6 is 11.3 Å². The Labute approximate surface area is 153 Å². The highest BCUT2D eigenvalue weighted by molar-refractivity contribution is 7.10. The van der Waals surface area contributed by atoms with E-state index in [1.54, 1.807) is 23.6 Å². The number of rotatable bonds is 6. The Morgan fingerprint density at radius 1 is 1.12 bits per heavy atom. The predicted octanol–water partition coefficient (Wildman–Crippen LogP) is 6.12. The van der Waals surface area contributed by atoms with E-state index in [0.29, 0.717) is 23.9 Å². The van der Waals surface area contributed by atoms with E-state index in [1.165, 1.54) is 4.88 Å². The first-order valence-electron chi connectivity index (χ1n) is 8.81. The minimum atomic E-state index is -0.155. The van der Waals surface area contributed by atoms with Gasteiger partial charge in [0, 0.05) is 28.8 Å². The molecule has 0 N–H and O–H groups in total. The van der Waals surface area contributed by atoms with Crippen molar-refractivity contribution in [1.82, 2.24) is 9.55 Å². The van der Waals surface area contributed by atoms with Gasteiger partial charge in [0.05, 0.1) is 6.54 Å². The van der Waals surface area contributed by atoms with Crippen LogP contribution in [0, 0.1) is 11.7 Å². The number of benzene rings is 1. The molecule has 0 saturated heterocycles. The lowest BCUT2D eigenvalue weighted by atomic mass is 10.0. The van der Waals surface area contributed by atoms with Gasteiger partial charge in [-0.15, -0.1) is 11.3 Å². The van der Waals surface area contributed by atoms with E-state index >= 15 is 0 Å². The van der Waals surface area contributed by atoms with Crippen LogP contribution < -0.4 is 0 Å². The molecule has 0 unspecified atom stereocenters. The molecule has 0 saturated carbocycles. The maximum Gasteiger partial charge on any atom is 0.128 e. The van der Waals surface area contributed by atoms with E-state index in [0.717, 1.165) is 23.4 Å². The van der Waals surface area contributed by atoms with Gasteiger partial charge in [0.2, 0.25) is 0 Å². The zero-order chi connectivity index (χ0) is 18.0. The number of thiophene rings is 1. The molecule has 2 aromatic heterocycles. The number of imidazole rings is 1. The van der Waals surface area contributed by atoms with Crippen LogP contribution in [0.2, 0.25) is 0 Å². The molecule has 3 aromatic rings. The first kappa shape index (κ1) is 17.9. The van der Waals surface area contributed by atoms with Crippen LogP contribution in [0.3, 0.4) is 0 Å². The van der Waals surface area contributed by atoms with Gasteiger partial charge in [0.25, 0.3) is 0 Å². The third-order valence-corrected chi connectivity index (χ3v) is 5.21. The summed E-state index contributed by atoms with van der Waals surface area (Å²) < 4.78 is 16.7. The Morgan fingerprint density at radius 3 is 2.60 bits per heavy atom. The monoisotopic (exact) mass is 356 g/mol. The van der Waals surface area contributed by atoms with E-state index in [-0.39, 0.29) is 5.82 Å². The number of hydrogen-bond acceptors (Lipinski definition) is 2. The van der Waals surface area contributed by atoms with Crippen molar-refractivity contribution in [1.29, 1.82) is 0 Å². The molecule has 0 amide bonds. The van der Waals surface area contributed by atoms with Crippen molar-refractivity contribution in [2.75, 3.05) is 0 Å². The fraction of sp³-hybridized carbons (Fsp3) is 0.381. The van der Waals surface area contributed by atoms with Crippen molar-refractivity contribution in [2.45, 2.75) is 46.6 Å². The second kappa shape index (κ2) is 7.52. The molecule has 132 valence electrons. The first-order valence-corrected chi connectivity index (χ1v) is 9.69. The summed E-state index contributed by atoms with van der Waals surface area (Å²) in [4.78, 5) is 5.73. The van der Waals surface area contributed by atoms with Crippen molar-refractivity contribution >= 4 is 11.3 Å². The highest BCUT2D eigenvalue weighted by atomic mass is 32.1. The van der Waals surface area contributed by atoms with Gasteiger partial charge in [0.1, 0.15) is 11.6 Å². The summed E-state index contributed by atoms with van der Waals surface area (Å²) in [5.41, 5.74) is 2.75. The average molecular weight is 357 g/mol. The molecule has 0 aliphatic carbocycles. The zero-order valence-electron chi connectivity index (χ0n) is 15.3. The van der Waals surface area contributed by atoms with E-state index in [9.17, 15) is 4.39 Å². The lowest BCUT2D eigenvalue weighted by Gasteiger charge is -2.11. The van der Waals surface area contributed by atoms with E-state index in [2.05, 4.69) is 44.1 Å². The Kier molecular flexibility index (Phi) is 5.38. The molecule has 0 radical (unpaired) electrons. The molecule has 0 atom stereocenters. The van der Waals surface area contributed by atoms with Crippen molar-refractivity contribution in [3.63, 3.8) is 0 Å². The van der Waals surface area contributed by atoms with E-state index < -0.39 is 0 Å². The predicted molar refractivity (Wildman–Crippen MR) is 104 cm³/mol. The van der Waals surface area contributed by atoms with Crippen LogP contribution in [-0.2, 0) is 13.0 Å². The molecule has 3 rings (SSSR count). The van der Waals surface area contributed by atoms with E-state index in [1.807, 2.05) is 22.9 Å². The minimum absolute atomic E-state index is 0.155. The molecular formula is C21H25FN2S. The lowest BCUT2D eigenvalue weighted by molar-refractivity contribution is 0.589. The van der Waals surface area contributed by atoms with Gasteiger partial charge in [-0.25, -0.2) is 9.37 Å². The van der Waals surface area contributed by atoms with Crippen LogP contribution in [0.25, 0.3) is 11.1 Å². The molecule has 1 aromatic carbocycles. The summed E-state index contributed by atoms with van der Waals surface area (Å²) in [7, 11) is 0. The van der Waals surface area contributed by atoms with Gasteiger partial charge < -0.3 is 4.57 Å². The second-order valence-electron chi connectivity index (χ2n) is 7.27. The lowest BCUT2D eigenvalue weighted by Crippen LogP contribution is -2.07. The largest absolute Gasteiger partial charge is 0.330 e. The topological polar surface area (TPSA) is 17.8 Å². The van der Waals surface area contributed by atoms with Crippen LogP contribution in [0.4, 0.5) is 4.39 Å². The fourth-order valence-corrected chi connectivity index (χ4v) is 4.14. The number of nitrogens with zero attached hydrogens (tertiary/aromatic N) is 2. The minimum Gasteiger partial charge on any atom is -0.330 e. The molecule has 0 spiro atoms. The highest BCUT2D eigenvalue weighted by Crippen LogP contribution is 2.29. The summed E-state index contributed by atoms with van der Waals surface area (Å²) >= 11 is 1.76. The van der Waals surface area contributed by atoms with Gasteiger partial charge in [-0.2, -0.15) is 0 Å². The first-order chi connectivity index (χ1) is 11.9. The Bertz CT molecular complexity index is 845. The fourth-order valence-electron chi connectivity index (χ4n) is 3.04. The zero-order valence-corrected chi connectivity index (χ0v) is 16.1. The molecule has 0 aliphatic heterocycles. The van der Waals surface area contributed by atoms with Crippen molar-refractivity contribution < 1.29 is 4.39 Å². The van der Waals surface area contributed by atoms with Gasteiger partial charge in [0.15, 0.2) is 0 Å². The maximum atomic E-state index is 14.6. The van der Waals surface area contributed by atoms with Crippen molar-refractivity contribution in [2.24, 2.45) is 5.92 Å². The number of hydrogen-bond donors (Lipinski definition) is 0. The smallest absolute Gasteiger partial charge is 0.128 e. The normalized spacial score (nSPS) is 11.6.